The van der Waals surface area contributed by atoms with Gasteiger partial charge in [-0.2, -0.15) is 0 Å². The third kappa shape index (κ3) is 5.10. The van der Waals surface area contributed by atoms with Gasteiger partial charge >= 0.3 is 5.97 Å². The third-order valence-corrected chi connectivity index (χ3v) is 3.51. The minimum absolute atomic E-state index is 0.0750. The summed E-state index contributed by atoms with van der Waals surface area (Å²) in [6, 6.07) is 7.11. The Hall–Kier alpha value is -2.04. The number of carboxylic acid groups (broad SMARTS) is 1. The van der Waals surface area contributed by atoms with Crippen LogP contribution < -0.4 is 4.74 Å². The zero-order valence-electron chi connectivity index (χ0n) is 12.2. The van der Waals surface area contributed by atoms with Crippen LogP contribution in [0.3, 0.4) is 0 Å². The molecule has 1 fully saturated rings. The molecule has 114 valence electrons. The molecule has 5 nitrogen and oxygen atoms in total. The molecule has 0 atom stereocenters. The summed E-state index contributed by atoms with van der Waals surface area (Å²) in [7, 11) is 1.68. The highest BCUT2D eigenvalue weighted by molar-refractivity contribution is 5.94. The van der Waals surface area contributed by atoms with Crippen LogP contribution in [0.1, 0.15) is 36.0 Å². The molecule has 0 radical (unpaired) electrons. The summed E-state index contributed by atoms with van der Waals surface area (Å²) in [5.74, 6) is 0.542. The lowest BCUT2D eigenvalue weighted by molar-refractivity contribution is -0.137. The summed E-state index contributed by atoms with van der Waals surface area (Å²) >= 11 is 0. The number of rotatable bonds is 8. The van der Waals surface area contributed by atoms with Crippen molar-refractivity contribution in [3.63, 3.8) is 0 Å². The van der Waals surface area contributed by atoms with E-state index in [1.54, 1.807) is 36.2 Å². The van der Waals surface area contributed by atoms with Crippen LogP contribution in [0.15, 0.2) is 24.3 Å². The Morgan fingerprint density at radius 2 is 1.95 bits per heavy atom. The van der Waals surface area contributed by atoms with Crippen LogP contribution in [-0.4, -0.2) is 42.1 Å². The smallest absolute Gasteiger partial charge is 0.303 e. The van der Waals surface area contributed by atoms with Crippen molar-refractivity contribution in [3.05, 3.63) is 29.8 Å². The van der Waals surface area contributed by atoms with Crippen molar-refractivity contribution in [1.82, 2.24) is 4.90 Å². The summed E-state index contributed by atoms with van der Waals surface area (Å²) < 4.78 is 5.63. The Labute approximate surface area is 124 Å². The van der Waals surface area contributed by atoms with Gasteiger partial charge in [-0.3, -0.25) is 9.59 Å². The van der Waals surface area contributed by atoms with Gasteiger partial charge in [0.05, 0.1) is 6.61 Å². The van der Waals surface area contributed by atoms with Crippen molar-refractivity contribution < 1.29 is 19.4 Å². The molecule has 1 aromatic carbocycles. The maximum atomic E-state index is 12.1. The maximum absolute atomic E-state index is 12.1. The van der Waals surface area contributed by atoms with Gasteiger partial charge in [-0.1, -0.05) is 0 Å². The number of carboxylic acids is 1. The Morgan fingerprint density at radius 1 is 1.29 bits per heavy atom. The van der Waals surface area contributed by atoms with E-state index in [1.807, 2.05) is 0 Å². The Balaban J connectivity index is 1.81. The molecule has 5 heteroatoms. The average Bonchev–Trinajstić information content (AvgIpc) is 3.28. The van der Waals surface area contributed by atoms with Gasteiger partial charge in [0.15, 0.2) is 0 Å². The van der Waals surface area contributed by atoms with E-state index >= 15 is 0 Å². The molecule has 1 aliphatic rings. The monoisotopic (exact) mass is 291 g/mol. The second kappa shape index (κ2) is 7.11. The summed E-state index contributed by atoms with van der Waals surface area (Å²) in [4.78, 5) is 24.1. The van der Waals surface area contributed by atoms with Gasteiger partial charge < -0.3 is 14.7 Å². The molecule has 0 bridgehead atoms. The molecule has 21 heavy (non-hydrogen) atoms. The lowest BCUT2D eigenvalue weighted by atomic mass is 10.2. The fourth-order valence-electron chi connectivity index (χ4n) is 1.98. The van der Waals surface area contributed by atoms with Crippen molar-refractivity contribution in [2.24, 2.45) is 5.92 Å². The van der Waals surface area contributed by atoms with Gasteiger partial charge in [0, 0.05) is 25.6 Å². The molecule has 0 aliphatic heterocycles. The average molecular weight is 291 g/mol. The number of hydrogen-bond donors (Lipinski definition) is 1. The lowest BCUT2D eigenvalue weighted by Gasteiger charge is -2.16. The number of carbonyl (C=O) groups excluding carboxylic acids is 1. The summed E-state index contributed by atoms with van der Waals surface area (Å²) in [6.07, 6.45) is 3.03. The van der Waals surface area contributed by atoms with E-state index in [0.717, 1.165) is 12.4 Å². The Bertz CT molecular complexity index is 494. The number of nitrogens with zero attached hydrogens (tertiary/aromatic N) is 1. The second-order valence-corrected chi connectivity index (χ2v) is 5.50. The van der Waals surface area contributed by atoms with Crippen molar-refractivity contribution in [2.45, 2.75) is 25.7 Å². The van der Waals surface area contributed by atoms with Gasteiger partial charge in [0.25, 0.3) is 5.91 Å². The lowest BCUT2D eigenvalue weighted by Crippen LogP contribution is -2.28. The third-order valence-electron chi connectivity index (χ3n) is 3.51. The SMILES string of the molecule is CN(CCCC(=O)O)C(=O)c1ccc(OCC2CC2)cc1. The number of carbonyl (C=O) groups is 2. The van der Waals surface area contributed by atoms with E-state index in [9.17, 15) is 9.59 Å². The van der Waals surface area contributed by atoms with Crippen molar-refractivity contribution in [3.8, 4) is 5.75 Å². The number of hydrogen-bond acceptors (Lipinski definition) is 3. The summed E-state index contributed by atoms with van der Waals surface area (Å²) in [5, 5.41) is 8.59. The molecule has 0 heterocycles. The Kier molecular flexibility index (Phi) is 5.20. The molecule has 0 saturated heterocycles. The number of aliphatic carboxylic acids is 1. The molecule has 0 aromatic heterocycles. The van der Waals surface area contributed by atoms with Gasteiger partial charge in [-0.05, 0) is 49.4 Å². The van der Waals surface area contributed by atoms with E-state index in [0.29, 0.717) is 24.4 Å². The molecule has 1 N–H and O–H groups in total. The number of benzene rings is 1. The van der Waals surface area contributed by atoms with E-state index in [2.05, 4.69) is 0 Å². The van der Waals surface area contributed by atoms with E-state index in [4.69, 9.17) is 9.84 Å². The first kappa shape index (κ1) is 15.4. The van der Waals surface area contributed by atoms with Gasteiger partial charge in [-0.25, -0.2) is 0 Å². The molecule has 1 saturated carbocycles. The molecule has 1 aliphatic carbocycles. The van der Waals surface area contributed by atoms with Crippen molar-refractivity contribution >= 4 is 11.9 Å². The minimum atomic E-state index is -0.840. The van der Waals surface area contributed by atoms with E-state index in [-0.39, 0.29) is 12.3 Å². The first-order chi connectivity index (χ1) is 10.1. The molecular formula is C16H21NO4. The fourth-order valence-corrected chi connectivity index (χ4v) is 1.98. The fraction of sp³-hybridized carbons (Fsp3) is 0.500. The quantitative estimate of drug-likeness (QED) is 0.798. The molecule has 1 amide bonds. The molecular weight excluding hydrogens is 270 g/mol. The number of ether oxygens (including phenoxy) is 1. The largest absolute Gasteiger partial charge is 0.493 e. The van der Waals surface area contributed by atoms with Crippen LogP contribution in [0.4, 0.5) is 0 Å². The van der Waals surface area contributed by atoms with Crippen LogP contribution in [0.5, 0.6) is 5.75 Å². The normalized spacial score (nSPS) is 13.8. The highest BCUT2D eigenvalue weighted by Crippen LogP contribution is 2.29. The van der Waals surface area contributed by atoms with Gasteiger partial charge in [-0.15, -0.1) is 0 Å². The molecule has 0 unspecified atom stereocenters. The molecule has 1 aromatic rings. The predicted molar refractivity (Wildman–Crippen MR) is 78.5 cm³/mol. The highest BCUT2D eigenvalue weighted by Gasteiger charge is 2.21. The van der Waals surface area contributed by atoms with Crippen LogP contribution in [-0.2, 0) is 4.79 Å². The van der Waals surface area contributed by atoms with Gasteiger partial charge in [0.2, 0.25) is 0 Å². The summed E-state index contributed by atoms with van der Waals surface area (Å²) in [5.41, 5.74) is 0.589. The van der Waals surface area contributed by atoms with Crippen LogP contribution in [0.25, 0.3) is 0 Å². The topological polar surface area (TPSA) is 66.8 Å². The minimum Gasteiger partial charge on any atom is -0.493 e. The van der Waals surface area contributed by atoms with Crippen LogP contribution >= 0.6 is 0 Å². The Morgan fingerprint density at radius 3 is 2.52 bits per heavy atom. The van der Waals surface area contributed by atoms with Crippen LogP contribution in [0, 0.1) is 5.92 Å². The van der Waals surface area contributed by atoms with Gasteiger partial charge in [0.1, 0.15) is 5.75 Å². The second-order valence-electron chi connectivity index (χ2n) is 5.50. The van der Waals surface area contributed by atoms with Crippen LogP contribution in [0.2, 0.25) is 0 Å². The standard InChI is InChI=1S/C16H21NO4/c1-17(10-2-3-15(18)19)16(20)13-6-8-14(9-7-13)21-11-12-4-5-12/h6-9,12H,2-5,10-11H2,1H3,(H,18,19). The predicted octanol–water partition coefficient (Wildman–Crippen LogP) is 2.41. The maximum Gasteiger partial charge on any atom is 0.303 e. The summed E-state index contributed by atoms with van der Waals surface area (Å²) in [6.45, 7) is 1.19. The van der Waals surface area contributed by atoms with E-state index in [1.165, 1.54) is 12.8 Å². The van der Waals surface area contributed by atoms with E-state index < -0.39 is 5.97 Å². The number of amides is 1. The molecule has 2 rings (SSSR count). The highest BCUT2D eigenvalue weighted by atomic mass is 16.5. The van der Waals surface area contributed by atoms with Crippen molar-refractivity contribution in [1.29, 1.82) is 0 Å². The molecule has 0 spiro atoms. The zero-order valence-corrected chi connectivity index (χ0v) is 12.2. The first-order valence-electron chi connectivity index (χ1n) is 7.26. The van der Waals surface area contributed by atoms with Crippen molar-refractivity contribution in [2.75, 3.05) is 20.2 Å². The zero-order chi connectivity index (χ0) is 15.2. The first-order valence-corrected chi connectivity index (χ1v) is 7.26.